The Morgan fingerprint density at radius 2 is 1.44 bits per heavy atom. The quantitative estimate of drug-likeness (QED) is 0.360. The highest BCUT2D eigenvalue weighted by atomic mass is 16.5. The van der Waals surface area contributed by atoms with Gasteiger partial charge in [-0.05, 0) is 46.9 Å². The molecule has 0 amide bonds. The van der Waals surface area contributed by atoms with Gasteiger partial charge in [0.2, 0.25) is 0 Å². The van der Waals surface area contributed by atoms with Crippen LogP contribution in [0.3, 0.4) is 0 Å². The van der Waals surface area contributed by atoms with Crippen molar-refractivity contribution in [3.63, 3.8) is 0 Å². The van der Waals surface area contributed by atoms with Crippen molar-refractivity contribution in [2.45, 2.75) is 19.4 Å². The lowest BCUT2D eigenvalue weighted by Crippen LogP contribution is -2.46. The number of rotatable bonds is 10. The maximum atomic E-state index is 11.8. The zero-order chi connectivity index (χ0) is 28.9. The van der Waals surface area contributed by atoms with E-state index in [1.165, 1.54) is 0 Å². The number of allylic oxidation sites excluding steroid dienone is 2. The van der Waals surface area contributed by atoms with Gasteiger partial charge in [-0.3, -0.25) is 14.7 Å². The Morgan fingerprint density at radius 1 is 0.780 bits per heavy atom. The van der Waals surface area contributed by atoms with Crippen molar-refractivity contribution in [2.75, 3.05) is 61.7 Å². The molecule has 5 rings (SSSR count). The third-order valence-electron chi connectivity index (χ3n) is 7.74. The zero-order valence-corrected chi connectivity index (χ0v) is 24.4. The van der Waals surface area contributed by atoms with Gasteiger partial charge in [0, 0.05) is 63.2 Å². The van der Waals surface area contributed by atoms with E-state index in [2.05, 4.69) is 15.9 Å². The first-order valence-corrected chi connectivity index (χ1v) is 13.7. The number of fused-ring (bicyclic) bond motifs is 1. The van der Waals surface area contributed by atoms with E-state index >= 15 is 0 Å². The molecule has 0 atom stereocenters. The third-order valence-corrected chi connectivity index (χ3v) is 7.74. The van der Waals surface area contributed by atoms with Gasteiger partial charge in [0.25, 0.3) is 0 Å². The summed E-state index contributed by atoms with van der Waals surface area (Å²) in [5.74, 6) is 3.46. The minimum atomic E-state index is 0.0743. The second-order valence-corrected chi connectivity index (χ2v) is 10.1. The second kappa shape index (κ2) is 12.5. The summed E-state index contributed by atoms with van der Waals surface area (Å²) in [5, 5.41) is 2.12. The summed E-state index contributed by atoms with van der Waals surface area (Å²) in [6.45, 7) is 4.21. The average Bonchev–Trinajstić information content (AvgIpc) is 3.01. The number of hydrogen-bond donors (Lipinski definition) is 0. The Bertz CT molecular complexity index is 1490. The number of methoxy groups -OCH3 is 5. The van der Waals surface area contributed by atoms with Gasteiger partial charge in [0.05, 0.1) is 46.9 Å². The average molecular weight is 560 g/mol. The number of carbonyl (C=O) groups is 1. The minimum Gasteiger partial charge on any atom is -0.494 e. The molecular weight excluding hydrogens is 522 g/mol. The molecule has 1 aromatic heterocycles. The summed E-state index contributed by atoms with van der Waals surface area (Å²) in [6.07, 6.45) is 6.60. The maximum Gasteiger partial charge on any atom is 0.163 e. The molecule has 41 heavy (non-hydrogen) atoms. The number of hydrogen-bond acceptors (Lipinski definition) is 9. The Labute approximate surface area is 240 Å². The van der Waals surface area contributed by atoms with E-state index < -0.39 is 0 Å². The summed E-state index contributed by atoms with van der Waals surface area (Å²) in [7, 11) is 8.20. The lowest BCUT2D eigenvalue weighted by Gasteiger charge is -2.38. The molecule has 0 bridgehead atoms. The highest BCUT2D eigenvalue weighted by Crippen LogP contribution is 2.36. The number of nitrogens with zero attached hydrogens (tertiary/aromatic N) is 3. The van der Waals surface area contributed by atoms with Gasteiger partial charge in [-0.15, -0.1) is 0 Å². The van der Waals surface area contributed by atoms with Gasteiger partial charge in [-0.25, -0.2) is 0 Å². The monoisotopic (exact) mass is 559 g/mol. The normalized spacial score (nSPS) is 15.8. The molecule has 1 saturated heterocycles. The fraction of sp³-hybridized carbons (Fsp3) is 0.375. The van der Waals surface area contributed by atoms with Crippen molar-refractivity contribution in [1.29, 1.82) is 0 Å². The minimum absolute atomic E-state index is 0.0743. The first kappa shape index (κ1) is 28.3. The van der Waals surface area contributed by atoms with Crippen molar-refractivity contribution in [2.24, 2.45) is 0 Å². The van der Waals surface area contributed by atoms with Crippen LogP contribution in [0.1, 0.15) is 23.2 Å². The first-order valence-electron chi connectivity index (χ1n) is 13.7. The fourth-order valence-electron chi connectivity index (χ4n) is 5.54. The van der Waals surface area contributed by atoms with Crippen LogP contribution in [0.2, 0.25) is 0 Å². The molecule has 1 aliphatic heterocycles. The number of piperazine rings is 1. The molecule has 0 N–H and O–H groups in total. The lowest BCUT2D eigenvalue weighted by molar-refractivity contribution is -0.114. The summed E-state index contributed by atoms with van der Waals surface area (Å²) < 4.78 is 27.7. The van der Waals surface area contributed by atoms with Gasteiger partial charge in [-0.2, -0.15) is 0 Å². The van der Waals surface area contributed by atoms with Crippen molar-refractivity contribution in [3.8, 4) is 23.0 Å². The third kappa shape index (κ3) is 5.95. The van der Waals surface area contributed by atoms with Crippen molar-refractivity contribution < 1.29 is 28.5 Å². The van der Waals surface area contributed by atoms with E-state index in [4.69, 9.17) is 28.7 Å². The second-order valence-electron chi connectivity index (χ2n) is 10.1. The van der Waals surface area contributed by atoms with Gasteiger partial charge >= 0.3 is 0 Å². The van der Waals surface area contributed by atoms with E-state index in [9.17, 15) is 4.79 Å². The molecule has 0 unspecified atom stereocenters. The molecule has 2 heterocycles. The molecule has 9 nitrogen and oxygen atoms in total. The van der Waals surface area contributed by atoms with Crippen LogP contribution in [0.25, 0.3) is 10.8 Å². The summed E-state index contributed by atoms with van der Waals surface area (Å²) in [4.78, 5) is 21.5. The van der Waals surface area contributed by atoms with Gasteiger partial charge in [0.15, 0.2) is 28.8 Å². The predicted octanol–water partition coefficient (Wildman–Crippen LogP) is 4.36. The fourth-order valence-corrected chi connectivity index (χ4v) is 5.54. The molecule has 1 aliphatic carbocycles. The van der Waals surface area contributed by atoms with Crippen LogP contribution in [0.15, 0.2) is 60.1 Å². The van der Waals surface area contributed by atoms with Crippen LogP contribution in [-0.4, -0.2) is 82.3 Å². The standard InChI is InChI=1S/C32H37N3O6/c1-37-28-9-6-21(15-30(28)39-3)14-26-25-18-32(41-5)31(40-4)17-24(25)22(19-33-26)20-34-10-12-35(13-11-34)27-8-7-23(36)16-29(27)38-2/h6,8-9,15-19H,7,10-14,20H2,1-5H3. The Kier molecular flexibility index (Phi) is 8.64. The predicted molar refractivity (Wildman–Crippen MR) is 157 cm³/mol. The Balaban J connectivity index is 1.40. The summed E-state index contributed by atoms with van der Waals surface area (Å²) in [6, 6.07) is 10.0. The van der Waals surface area contributed by atoms with Crippen molar-refractivity contribution in [3.05, 3.63) is 77.0 Å². The van der Waals surface area contributed by atoms with Crippen LogP contribution in [0, 0.1) is 0 Å². The summed E-state index contributed by atoms with van der Waals surface area (Å²) in [5.41, 5.74) is 4.15. The molecule has 3 aromatic rings. The van der Waals surface area contributed by atoms with Gasteiger partial charge in [0.1, 0.15) is 5.76 Å². The Morgan fingerprint density at radius 3 is 2.10 bits per heavy atom. The smallest absolute Gasteiger partial charge is 0.163 e. The topological polar surface area (TPSA) is 82.6 Å². The highest BCUT2D eigenvalue weighted by molar-refractivity contribution is 5.93. The Hall–Kier alpha value is -4.24. The summed E-state index contributed by atoms with van der Waals surface area (Å²) >= 11 is 0. The molecule has 2 aromatic carbocycles. The zero-order valence-electron chi connectivity index (χ0n) is 24.4. The molecule has 2 aliphatic rings. The molecular formula is C32H37N3O6. The van der Waals surface area contributed by atoms with E-state index in [1.54, 1.807) is 41.6 Å². The molecule has 216 valence electrons. The van der Waals surface area contributed by atoms with Crippen LogP contribution < -0.4 is 18.9 Å². The van der Waals surface area contributed by atoms with Crippen LogP contribution in [0.5, 0.6) is 23.0 Å². The van der Waals surface area contributed by atoms with Crippen LogP contribution in [0.4, 0.5) is 0 Å². The number of carbonyl (C=O) groups excluding carboxylic acids is 1. The van der Waals surface area contributed by atoms with Crippen molar-refractivity contribution >= 4 is 16.6 Å². The number of benzene rings is 2. The maximum absolute atomic E-state index is 11.8. The number of ketones is 1. The molecule has 0 saturated carbocycles. The van der Waals surface area contributed by atoms with Crippen LogP contribution >= 0.6 is 0 Å². The van der Waals surface area contributed by atoms with Gasteiger partial charge in [-0.1, -0.05) is 6.07 Å². The van der Waals surface area contributed by atoms with E-state index in [0.29, 0.717) is 41.6 Å². The highest BCUT2D eigenvalue weighted by Gasteiger charge is 2.25. The lowest BCUT2D eigenvalue weighted by atomic mass is 9.99. The molecule has 0 spiro atoms. The molecule has 0 radical (unpaired) electrons. The first-order chi connectivity index (χ1) is 20.0. The van der Waals surface area contributed by atoms with Gasteiger partial charge < -0.3 is 28.6 Å². The van der Waals surface area contributed by atoms with E-state index in [0.717, 1.165) is 66.0 Å². The molecule has 9 heteroatoms. The largest absolute Gasteiger partial charge is 0.494 e. The van der Waals surface area contributed by atoms with Crippen molar-refractivity contribution in [1.82, 2.24) is 14.8 Å². The van der Waals surface area contributed by atoms with Crippen LogP contribution in [-0.2, 0) is 22.5 Å². The number of ether oxygens (including phenoxy) is 5. The van der Waals surface area contributed by atoms with E-state index in [-0.39, 0.29) is 5.78 Å². The number of pyridine rings is 1. The van der Waals surface area contributed by atoms with E-state index in [1.807, 2.05) is 36.5 Å². The number of aromatic nitrogens is 1. The SMILES string of the molecule is COC1=CC(=O)CC=C1N1CCN(Cc2cnc(Cc3ccc(OC)c(OC)c3)c3cc(OC)c(OC)cc23)CC1. The molecule has 1 fully saturated rings.